The van der Waals surface area contributed by atoms with Crippen molar-refractivity contribution in [3.05, 3.63) is 68.8 Å². The van der Waals surface area contributed by atoms with E-state index in [0.717, 1.165) is 11.8 Å². The maximum Gasteiger partial charge on any atom is 0.270 e. The van der Waals surface area contributed by atoms with Gasteiger partial charge in [-0.15, -0.1) is 0 Å². The smallest absolute Gasteiger partial charge is 0.270 e. The second-order valence-corrected chi connectivity index (χ2v) is 7.52. The second kappa shape index (κ2) is 7.19. The number of rotatable bonds is 3. The molecule has 0 saturated carbocycles. The summed E-state index contributed by atoms with van der Waals surface area (Å²) in [6, 6.07) is 8.51. The molecule has 1 aliphatic heterocycles. The van der Waals surface area contributed by atoms with Crippen LogP contribution in [0, 0.1) is 12.7 Å². The number of carbonyl (C=O) groups excluding carboxylic acids is 2. The van der Waals surface area contributed by atoms with Gasteiger partial charge in [-0.05, 0) is 42.3 Å². The van der Waals surface area contributed by atoms with Crippen LogP contribution in [0.1, 0.15) is 21.5 Å². The highest BCUT2D eigenvalue weighted by molar-refractivity contribution is 8.27. The van der Waals surface area contributed by atoms with Gasteiger partial charge in [0.15, 0.2) is 4.32 Å². The Hall–Kier alpha value is -2.22. The number of thiocarbonyl (C=S) groups is 1. The Bertz CT molecular complexity index is 970. The van der Waals surface area contributed by atoms with Crippen LogP contribution >= 0.6 is 35.6 Å². The Balaban J connectivity index is 2.04. The minimum absolute atomic E-state index is 0.0687. The van der Waals surface area contributed by atoms with Gasteiger partial charge in [-0.2, -0.15) is 0 Å². The Morgan fingerprint density at radius 2 is 2.08 bits per heavy atom. The van der Waals surface area contributed by atoms with E-state index in [9.17, 15) is 19.1 Å². The SMILES string of the molecule is Cc1ccc(C(=O)[O-])cc1N1C(=O)/C(=C/c2c(F)cccc2Cl)SC1=S. The summed E-state index contributed by atoms with van der Waals surface area (Å²) in [5, 5.41) is 11.3. The lowest BCUT2D eigenvalue weighted by Gasteiger charge is -2.18. The molecule has 0 atom stereocenters. The Kier molecular flexibility index (Phi) is 5.13. The molecule has 0 aliphatic carbocycles. The number of halogens is 2. The molecule has 2 aromatic carbocycles. The van der Waals surface area contributed by atoms with E-state index in [-0.39, 0.29) is 25.4 Å². The van der Waals surface area contributed by atoms with Crippen molar-refractivity contribution in [2.75, 3.05) is 4.90 Å². The maximum atomic E-state index is 14.0. The van der Waals surface area contributed by atoms with Gasteiger partial charge in [0, 0.05) is 5.56 Å². The summed E-state index contributed by atoms with van der Waals surface area (Å²) in [4.78, 5) is 25.3. The highest BCUT2D eigenvalue weighted by Gasteiger charge is 2.34. The molecule has 1 aliphatic rings. The molecule has 132 valence electrons. The van der Waals surface area contributed by atoms with Gasteiger partial charge in [0.25, 0.3) is 5.91 Å². The molecule has 0 bridgehead atoms. The first-order chi connectivity index (χ1) is 12.3. The number of aromatic carboxylic acids is 1. The highest BCUT2D eigenvalue weighted by atomic mass is 35.5. The van der Waals surface area contributed by atoms with Crippen molar-refractivity contribution in [2.24, 2.45) is 0 Å². The zero-order chi connectivity index (χ0) is 19.0. The van der Waals surface area contributed by atoms with Crippen LogP contribution < -0.4 is 10.0 Å². The van der Waals surface area contributed by atoms with Gasteiger partial charge in [0.1, 0.15) is 5.82 Å². The molecule has 2 aromatic rings. The first-order valence-corrected chi connectivity index (χ1v) is 8.94. The summed E-state index contributed by atoms with van der Waals surface area (Å²) in [6.45, 7) is 1.73. The van der Waals surface area contributed by atoms with Crippen LogP contribution in [0.25, 0.3) is 6.08 Å². The molecule has 4 nitrogen and oxygen atoms in total. The van der Waals surface area contributed by atoms with Gasteiger partial charge >= 0.3 is 0 Å². The topological polar surface area (TPSA) is 60.4 Å². The number of hydrogen-bond donors (Lipinski definition) is 0. The first kappa shape index (κ1) is 18.6. The maximum absolute atomic E-state index is 14.0. The number of benzene rings is 2. The number of amides is 1. The van der Waals surface area contributed by atoms with Crippen molar-refractivity contribution in [1.29, 1.82) is 0 Å². The number of thioether (sulfide) groups is 1. The van der Waals surface area contributed by atoms with E-state index in [1.807, 2.05) is 0 Å². The van der Waals surface area contributed by atoms with Gasteiger partial charge in [-0.3, -0.25) is 9.69 Å². The molecule has 3 rings (SSSR count). The van der Waals surface area contributed by atoms with Crippen LogP contribution in [0.2, 0.25) is 5.02 Å². The minimum atomic E-state index is -1.36. The zero-order valence-electron chi connectivity index (χ0n) is 13.3. The summed E-state index contributed by atoms with van der Waals surface area (Å²) >= 11 is 12.3. The number of anilines is 1. The average Bonchev–Trinajstić information content (AvgIpc) is 2.85. The van der Waals surface area contributed by atoms with Gasteiger partial charge in [0.2, 0.25) is 0 Å². The number of hydrogen-bond acceptors (Lipinski definition) is 5. The third-order valence-corrected chi connectivity index (χ3v) is 5.39. The van der Waals surface area contributed by atoms with E-state index < -0.39 is 17.7 Å². The number of aryl methyl sites for hydroxylation is 1. The van der Waals surface area contributed by atoms with Crippen LogP contribution in [0.5, 0.6) is 0 Å². The lowest BCUT2D eigenvalue weighted by molar-refractivity contribution is -0.255. The van der Waals surface area contributed by atoms with Crippen molar-refractivity contribution in [3.63, 3.8) is 0 Å². The van der Waals surface area contributed by atoms with Crippen LogP contribution in [-0.2, 0) is 4.79 Å². The predicted octanol–water partition coefficient (Wildman–Crippen LogP) is 3.56. The molecule has 0 radical (unpaired) electrons. The zero-order valence-corrected chi connectivity index (χ0v) is 15.7. The Labute approximate surface area is 163 Å². The van der Waals surface area contributed by atoms with E-state index in [2.05, 4.69) is 0 Å². The third kappa shape index (κ3) is 3.38. The summed E-state index contributed by atoms with van der Waals surface area (Å²) < 4.78 is 14.2. The second-order valence-electron chi connectivity index (χ2n) is 5.44. The fourth-order valence-corrected chi connectivity index (χ4v) is 3.92. The number of carboxylic acid groups (broad SMARTS) is 1. The molecule has 0 unspecified atom stereocenters. The first-order valence-electron chi connectivity index (χ1n) is 7.33. The van der Waals surface area contributed by atoms with Crippen molar-refractivity contribution in [3.8, 4) is 0 Å². The molecular weight excluding hydrogens is 397 g/mol. The average molecular weight is 407 g/mol. The molecule has 0 spiro atoms. The summed E-state index contributed by atoms with van der Waals surface area (Å²) in [5.74, 6) is -2.39. The molecular formula is C18H10ClFNO3S2-. The van der Waals surface area contributed by atoms with Crippen molar-refractivity contribution in [1.82, 2.24) is 0 Å². The van der Waals surface area contributed by atoms with Crippen molar-refractivity contribution < 1.29 is 19.1 Å². The standard InChI is InChI=1S/C18H11ClFNO3S2/c1-9-5-6-10(17(23)24)7-14(9)21-16(22)15(26-18(21)25)8-11-12(19)3-2-4-13(11)20/h2-8H,1H3,(H,23,24)/p-1/b15-8-. The quantitative estimate of drug-likeness (QED) is 0.576. The van der Waals surface area contributed by atoms with Crippen LogP contribution in [0.3, 0.4) is 0 Å². The highest BCUT2D eigenvalue weighted by Crippen LogP contribution is 2.38. The van der Waals surface area contributed by atoms with Gasteiger partial charge in [0.05, 0.1) is 21.6 Å². The van der Waals surface area contributed by atoms with E-state index in [1.165, 1.54) is 41.3 Å². The van der Waals surface area contributed by atoms with Crippen LogP contribution in [0.4, 0.5) is 10.1 Å². The van der Waals surface area contributed by atoms with Gasteiger partial charge in [-0.1, -0.05) is 53.8 Å². The molecule has 26 heavy (non-hydrogen) atoms. The number of carbonyl (C=O) groups is 2. The molecule has 8 heteroatoms. The van der Waals surface area contributed by atoms with Crippen LogP contribution in [-0.4, -0.2) is 16.2 Å². The summed E-state index contributed by atoms with van der Waals surface area (Å²) in [6.07, 6.45) is 1.34. The lowest BCUT2D eigenvalue weighted by Crippen LogP contribution is -2.29. The molecule has 1 fully saturated rings. The van der Waals surface area contributed by atoms with E-state index >= 15 is 0 Å². The van der Waals surface area contributed by atoms with E-state index in [0.29, 0.717) is 11.3 Å². The van der Waals surface area contributed by atoms with Gasteiger partial charge in [-0.25, -0.2) is 4.39 Å². The fourth-order valence-electron chi connectivity index (χ4n) is 2.43. The fraction of sp³-hybridized carbons (Fsp3) is 0.0556. The predicted molar refractivity (Wildman–Crippen MR) is 103 cm³/mol. The number of nitrogens with zero attached hydrogens (tertiary/aromatic N) is 1. The van der Waals surface area contributed by atoms with E-state index in [1.54, 1.807) is 13.0 Å². The molecule has 0 aromatic heterocycles. The van der Waals surface area contributed by atoms with Gasteiger partial charge < -0.3 is 9.90 Å². The third-order valence-electron chi connectivity index (χ3n) is 3.75. The molecule has 0 N–H and O–H groups in total. The normalized spacial score (nSPS) is 15.8. The molecule has 1 amide bonds. The monoisotopic (exact) mass is 406 g/mol. The van der Waals surface area contributed by atoms with E-state index in [4.69, 9.17) is 23.8 Å². The van der Waals surface area contributed by atoms with Crippen LogP contribution in [0.15, 0.2) is 41.3 Å². The molecule has 1 heterocycles. The summed E-state index contributed by atoms with van der Waals surface area (Å²) in [5.41, 5.74) is 1.03. The summed E-state index contributed by atoms with van der Waals surface area (Å²) in [7, 11) is 0. The largest absolute Gasteiger partial charge is 0.545 e. The molecule has 1 saturated heterocycles. The Morgan fingerprint density at radius 1 is 1.35 bits per heavy atom. The minimum Gasteiger partial charge on any atom is -0.545 e. The van der Waals surface area contributed by atoms with Crippen molar-refractivity contribution >= 4 is 63.5 Å². The Morgan fingerprint density at radius 3 is 2.73 bits per heavy atom. The lowest BCUT2D eigenvalue weighted by atomic mass is 10.1. The number of carboxylic acids is 1. The van der Waals surface area contributed by atoms with Crippen molar-refractivity contribution in [2.45, 2.75) is 6.92 Å².